The van der Waals surface area contributed by atoms with Gasteiger partial charge in [0.25, 0.3) is 0 Å². The second-order valence-corrected chi connectivity index (χ2v) is 5.80. The van der Waals surface area contributed by atoms with Gasteiger partial charge in [-0.05, 0) is 49.8 Å². The van der Waals surface area contributed by atoms with Gasteiger partial charge in [0, 0.05) is 0 Å². The minimum atomic E-state index is -0.274. The average molecular weight is 329 g/mol. The summed E-state index contributed by atoms with van der Waals surface area (Å²) in [5.41, 5.74) is 2.48. The van der Waals surface area contributed by atoms with Gasteiger partial charge in [-0.25, -0.2) is 4.39 Å². The maximum absolute atomic E-state index is 13.0. The summed E-state index contributed by atoms with van der Waals surface area (Å²) in [5.74, 6) is 0.350. The van der Waals surface area contributed by atoms with Crippen molar-refractivity contribution in [1.29, 1.82) is 0 Å². The van der Waals surface area contributed by atoms with E-state index in [0.717, 1.165) is 24.2 Å². The molecular formula is C20H24FNO2. The van der Waals surface area contributed by atoms with E-state index in [1.165, 1.54) is 12.1 Å². The molecule has 0 saturated carbocycles. The average Bonchev–Trinajstić information content (AvgIpc) is 2.59. The molecule has 0 radical (unpaired) electrons. The molecule has 0 aliphatic carbocycles. The summed E-state index contributed by atoms with van der Waals surface area (Å²) >= 11 is 0. The lowest BCUT2D eigenvalue weighted by Gasteiger charge is -2.18. The van der Waals surface area contributed by atoms with Crippen molar-refractivity contribution in [3.05, 3.63) is 65.0 Å². The molecule has 0 N–H and O–H groups in total. The molecule has 0 atom stereocenters. The normalized spacial score (nSPS) is 10.9. The van der Waals surface area contributed by atoms with Crippen LogP contribution in [0.15, 0.2) is 42.5 Å². The van der Waals surface area contributed by atoms with Crippen LogP contribution < -0.4 is 4.74 Å². The van der Waals surface area contributed by atoms with Crippen LogP contribution in [0.4, 0.5) is 4.39 Å². The van der Waals surface area contributed by atoms with Crippen molar-refractivity contribution >= 4 is 5.78 Å². The van der Waals surface area contributed by atoms with Gasteiger partial charge in [-0.3, -0.25) is 9.69 Å². The van der Waals surface area contributed by atoms with Gasteiger partial charge >= 0.3 is 0 Å². The van der Waals surface area contributed by atoms with Crippen molar-refractivity contribution in [2.24, 2.45) is 0 Å². The van der Waals surface area contributed by atoms with Crippen molar-refractivity contribution in [2.75, 3.05) is 19.6 Å². The molecule has 0 unspecified atom stereocenters. The molecule has 0 fully saturated rings. The number of rotatable bonds is 8. The Kier molecular flexibility index (Phi) is 6.50. The number of likely N-dealkylation sites (N-methyl/N-ethyl adjacent to an activating group) is 1. The number of hydrogen-bond donors (Lipinski definition) is 0. The molecule has 0 aliphatic heterocycles. The second-order valence-electron chi connectivity index (χ2n) is 5.80. The van der Waals surface area contributed by atoms with Gasteiger partial charge in [-0.15, -0.1) is 0 Å². The standard InChI is InChI=1S/C20H24FNO2/c1-4-22(5-2)13-19(23)18-12-15(3)6-11-20(18)24-14-16-7-9-17(21)10-8-16/h6-12H,4-5,13-14H2,1-3H3. The molecule has 3 nitrogen and oxygen atoms in total. The van der Waals surface area contributed by atoms with Crippen LogP contribution in [0.1, 0.15) is 35.3 Å². The van der Waals surface area contributed by atoms with Crippen molar-refractivity contribution in [3.8, 4) is 5.75 Å². The molecule has 0 aromatic heterocycles. The summed E-state index contributed by atoms with van der Waals surface area (Å²) < 4.78 is 18.8. The van der Waals surface area contributed by atoms with Gasteiger partial charge in [-0.2, -0.15) is 0 Å². The van der Waals surface area contributed by atoms with Crippen LogP contribution in [-0.2, 0) is 6.61 Å². The minimum Gasteiger partial charge on any atom is -0.488 e. The minimum absolute atomic E-state index is 0.0523. The number of Topliss-reactive ketones (excluding diaryl/α,β-unsaturated/α-hetero) is 1. The number of carbonyl (C=O) groups is 1. The van der Waals surface area contributed by atoms with Crippen molar-refractivity contribution in [2.45, 2.75) is 27.4 Å². The van der Waals surface area contributed by atoms with Gasteiger partial charge < -0.3 is 4.74 Å². The van der Waals surface area contributed by atoms with Crippen LogP contribution >= 0.6 is 0 Å². The van der Waals surface area contributed by atoms with Gasteiger partial charge in [-0.1, -0.05) is 37.6 Å². The molecule has 0 bridgehead atoms. The molecule has 128 valence electrons. The molecule has 2 aromatic rings. The van der Waals surface area contributed by atoms with Gasteiger partial charge in [0.1, 0.15) is 18.2 Å². The predicted molar refractivity (Wildman–Crippen MR) is 94.0 cm³/mol. The quantitative estimate of drug-likeness (QED) is 0.679. The maximum Gasteiger partial charge on any atom is 0.180 e. The van der Waals surface area contributed by atoms with E-state index >= 15 is 0 Å². The smallest absolute Gasteiger partial charge is 0.180 e. The molecule has 0 aliphatic rings. The molecule has 0 spiro atoms. The van der Waals surface area contributed by atoms with Gasteiger partial charge in [0.05, 0.1) is 12.1 Å². The van der Waals surface area contributed by atoms with Gasteiger partial charge in [0.15, 0.2) is 5.78 Å². The SMILES string of the molecule is CCN(CC)CC(=O)c1cc(C)ccc1OCc1ccc(F)cc1. The first-order valence-corrected chi connectivity index (χ1v) is 8.27. The van der Waals surface area contributed by atoms with E-state index in [2.05, 4.69) is 4.90 Å². The highest BCUT2D eigenvalue weighted by atomic mass is 19.1. The topological polar surface area (TPSA) is 29.5 Å². The summed E-state index contributed by atoms with van der Waals surface area (Å²) in [5, 5.41) is 0. The third-order valence-electron chi connectivity index (χ3n) is 4.00. The van der Waals surface area contributed by atoms with Crippen LogP contribution in [0, 0.1) is 12.7 Å². The molecular weight excluding hydrogens is 305 g/mol. The molecule has 0 saturated heterocycles. The Bertz CT molecular complexity index is 679. The van der Waals surface area contributed by atoms with Crippen LogP contribution in [0.5, 0.6) is 5.75 Å². The number of hydrogen-bond acceptors (Lipinski definition) is 3. The zero-order valence-corrected chi connectivity index (χ0v) is 14.5. The van der Waals surface area contributed by atoms with Crippen LogP contribution in [0.25, 0.3) is 0 Å². The van der Waals surface area contributed by atoms with Crippen LogP contribution in [0.3, 0.4) is 0 Å². The fourth-order valence-electron chi connectivity index (χ4n) is 2.46. The lowest BCUT2D eigenvalue weighted by Crippen LogP contribution is -2.29. The lowest BCUT2D eigenvalue weighted by atomic mass is 10.1. The summed E-state index contributed by atoms with van der Waals surface area (Å²) in [7, 11) is 0. The molecule has 0 heterocycles. The highest BCUT2D eigenvalue weighted by Gasteiger charge is 2.15. The first kappa shape index (κ1) is 18.1. The summed E-state index contributed by atoms with van der Waals surface area (Å²) in [6.45, 7) is 8.38. The van der Waals surface area contributed by atoms with Crippen LogP contribution in [0.2, 0.25) is 0 Å². The Labute approximate surface area is 143 Å². The van der Waals surface area contributed by atoms with Crippen LogP contribution in [-0.4, -0.2) is 30.3 Å². The number of benzene rings is 2. The largest absolute Gasteiger partial charge is 0.488 e. The van der Waals surface area contributed by atoms with Crippen molar-refractivity contribution in [3.63, 3.8) is 0 Å². The Morgan fingerprint density at radius 3 is 2.38 bits per heavy atom. The van der Waals surface area contributed by atoms with Gasteiger partial charge in [0.2, 0.25) is 0 Å². The Morgan fingerprint density at radius 2 is 1.75 bits per heavy atom. The molecule has 0 amide bonds. The van der Waals surface area contributed by atoms with E-state index in [1.807, 2.05) is 39.0 Å². The molecule has 4 heteroatoms. The highest BCUT2D eigenvalue weighted by molar-refractivity contribution is 6.00. The molecule has 2 aromatic carbocycles. The number of ketones is 1. The third-order valence-corrected chi connectivity index (χ3v) is 4.00. The first-order chi connectivity index (χ1) is 11.5. The first-order valence-electron chi connectivity index (χ1n) is 8.27. The highest BCUT2D eigenvalue weighted by Crippen LogP contribution is 2.22. The molecule has 2 rings (SSSR count). The summed E-state index contributed by atoms with van der Waals surface area (Å²) in [6.07, 6.45) is 0. The number of halogens is 1. The summed E-state index contributed by atoms with van der Waals surface area (Å²) in [6, 6.07) is 11.8. The summed E-state index contributed by atoms with van der Waals surface area (Å²) in [4.78, 5) is 14.7. The number of ether oxygens (including phenoxy) is 1. The van der Waals surface area contributed by atoms with E-state index in [4.69, 9.17) is 4.74 Å². The number of aryl methyl sites for hydroxylation is 1. The van der Waals surface area contributed by atoms with E-state index in [9.17, 15) is 9.18 Å². The predicted octanol–water partition coefficient (Wildman–Crippen LogP) is 4.24. The van der Waals surface area contributed by atoms with E-state index in [1.54, 1.807) is 12.1 Å². The Hall–Kier alpha value is -2.20. The van der Waals surface area contributed by atoms with E-state index in [-0.39, 0.29) is 11.6 Å². The zero-order valence-electron chi connectivity index (χ0n) is 14.5. The fraction of sp³-hybridized carbons (Fsp3) is 0.350. The zero-order chi connectivity index (χ0) is 17.5. The number of nitrogens with zero attached hydrogens (tertiary/aromatic N) is 1. The van der Waals surface area contributed by atoms with E-state index < -0.39 is 0 Å². The Balaban J connectivity index is 2.14. The fourth-order valence-corrected chi connectivity index (χ4v) is 2.46. The second kappa shape index (κ2) is 8.60. The maximum atomic E-state index is 13.0. The van der Waals surface area contributed by atoms with Crippen molar-refractivity contribution < 1.29 is 13.9 Å². The van der Waals surface area contributed by atoms with E-state index in [0.29, 0.717) is 24.5 Å². The lowest BCUT2D eigenvalue weighted by molar-refractivity contribution is 0.0933. The molecule has 24 heavy (non-hydrogen) atoms. The third kappa shape index (κ3) is 4.90. The Morgan fingerprint density at radius 1 is 1.08 bits per heavy atom. The van der Waals surface area contributed by atoms with Crippen molar-refractivity contribution in [1.82, 2.24) is 4.90 Å². The monoisotopic (exact) mass is 329 g/mol. The number of carbonyl (C=O) groups excluding carboxylic acids is 1.